The van der Waals surface area contributed by atoms with Gasteiger partial charge in [0, 0.05) is 0 Å². The Balaban J connectivity index is 2.25. The second kappa shape index (κ2) is 3.98. The van der Waals surface area contributed by atoms with Gasteiger partial charge in [-0.25, -0.2) is 4.98 Å². The summed E-state index contributed by atoms with van der Waals surface area (Å²) in [6.45, 7) is 0.0608. The molecule has 0 bridgehead atoms. The van der Waals surface area contributed by atoms with Crippen molar-refractivity contribution in [2.45, 2.75) is 18.4 Å². The summed E-state index contributed by atoms with van der Waals surface area (Å²) >= 11 is 17.5. The first kappa shape index (κ1) is 11.3. The highest BCUT2D eigenvalue weighted by Gasteiger charge is 2.42. The summed E-state index contributed by atoms with van der Waals surface area (Å²) in [7, 11) is 0. The number of nitrogens with one attached hydrogen (secondary N) is 1. The topological polar surface area (TPSA) is 45.1 Å². The van der Waals surface area contributed by atoms with Gasteiger partial charge < -0.3 is 10.4 Å². The Labute approximate surface area is 102 Å². The number of aromatic nitrogens is 1. The molecule has 15 heavy (non-hydrogen) atoms. The van der Waals surface area contributed by atoms with Crippen molar-refractivity contribution in [3.8, 4) is 0 Å². The molecule has 1 saturated carbocycles. The van der Waals surface area contributed by atoms with Crippen LogP contribution in [0.4, 0.5) is 5.82 Å². The van der Waals surface area contributed by atoms with Crippen LogP contribution in [0.2, 0.25) is 15.2 Å². The summed E-state index contributed by atoms with van der Waals surface area (Å²) in [6.07, 6.45) is 1.81. The van der Waals surface area contributed by atoms with Crippen molar-refractivity contribution < 1.29 is 5.11 Å². The highest BCUT2D eigenvalue weighted by atomic mass is 35.5. The van der Waals surface area contributed by atoms with Crippen LogP contribution in [0.15, 0.2) is 6.07 Å². The van der Waals surface area contributed by atoms with Crippen LogP contribution in [0, 0.1) is 0 Å². The van der Waals surface area contributed by atoms with Gasteiger partial charge in [-0.3, -0.25) is 0 Å². The third-order valence-corrected chi connectivity index (χ3v) is 3.39. The monoisotopic (exact) mass is 266 g/mol. The number of halogens is 3. The third kappa shape index (κ3) is 2.31. The predicted molar refractivity (Wildman–Crippen MR) is 61.9 cm³/mol. The zero-order valence-electron chi connectivity index (χ0n) is 7.73. The molecule has 0 unspecified atom stereocenters. The van der Waals surface area contributed by atoms with Crippen molar-refractivity contribution in [1.82, 2.24) is 4.98 Å². The van der Waals surface area contributed by atoms with E-state index in [1.807, 2.05) is 0 Å². The van der Waals surface area contributed by atoms with Gasteiger partial charge in [-0.15, -0.1) is 0 Å². The van der Waals surface area contributed by atoms with Gasteiger partial charge in [-0.05, 0) is 18.9 Å². The molecule has 0 saturated heterocycles. The minimum absolute atomic E-state index is 0.0608. The zero-order valence-corrected chi connectivity index (χ0v) is 9.99. The van der Waals surface area contributed by atoms with E-state index in [-0.39, 0.29) is 17.3 Å². The lowest BCUT2D eigenvalue weighted by Gasteiger charge is -2.16. The molecule has 0 radical (unpaired) electrons. The van der Waals surface area contributed by atoms with Gasteiger partial charge in [0.15, 0.2) is 0 Å². The maximum absolute atomic E-state index is 9.14. The maximum Gasteiger partial charge on any atom is 0.150 e. The third-order valence-electron chi connectivity index (χ3n) is 2.43. The van der Waals surface area contributed by atoms with Crippen LogP contribution < -0.4 is 5.32 Å². The highest BCUT2D eigenvalue weighted by molar-refractivity contribution is 6.42. The largest absolute Gasteiger partial charge is 0.394 e. The van der Waals surface area contributed by atoms with E-state index in [9.17, 15) is 0 Å². The Bertz CT molecular complexity index is 393. The molecular formula is C9H9Cl3N2O. The average molecular weight is 268 g/mol. The molecule has 0 aromatic carbocycles. The lowest BCUT2D eigenvalue weighted by atomic mass is 10.3. The second-order valence-corrected chi connectivity index (χ2v) is 4.83. The Hall–Kier alpha value is -0.220. The van der Waals surface area contributed by atoms with E-state index in [4.69, 9.17) is 39.9 Å². The molecule has 1 aromatic heterocycles. The normalized spacial score (nSPS) is 17.6. The number of hydrogen-bond donors (Lipinski definition) is 2. The lowest BCUT2D eigenvalue weighted by Crippen LogP contribution is -2.26. The number of aliphatic hydroxyl groups excluding tert-OH is 1. The van der Waals surface area contributed by atoms with Gasteiger partial charge in [0.2, 0.25) is 0 Å². The first-order valence-electron chi connectivity index (χ1n) is 4.47. The predicted octanol–water partition coefficient (Wildman–Crippen LogP) is 2.98. The fourth-order valence-electron chi connectivity index (χ4n) is 1.26. The van der Waals surface area contributed by atoms with E-state index < -0.39 is 0 Å². The summed E-state index contributed by atoms with van der Waals surface area (Å²) in [5.74, 6) is 0.470. The molecule has 3 nitrogen and oxygen atoms in total. The van der Waals surface area contributed by atoms with Crippen LogP contribution >= 0.6 is 34.8 Å². The van der Waals surface area contributed by atoms with Gasteiger partial charge in [-0.1, -0.05) is 34.8 Å². The maximum atomic E-state index is 9.14. The number of pyridine rings is 1. The molecule has 1 aromatic rings. The van der Waals surface area contributed by atoms with Crippen molar-refractivity contribution in [3.05, 3.63) is 21.3 Å². The van der Waals surface area contributed by atoms with E-state index in [1.54, 1.807) is 0 Å². The Morgan fingerprint density at radius 1 is 1.33 bits per heavy atom. The number of rotatable bonds is 3. The molecule has 1 heterocycles. The molecule has 6 heteroatoms. The molecule has 1 fully saturated rings. The molecule has 1 aliphatic rings. The zero-order chi connectivity index (χ0) is 11.1. The minimum Gasteiger partial charge on any atom is -0.394 e. The molecule has 1 aliphatic carbocycles. The van der Waals surface area contributed by atoms with Gasteiger partial charge in [0.1, 0.15) is 11.0 Å². The minimum atomic E-state index is -0.270. The van der Waals surface area contributed by atoms with Crippen molar-refractivity contribution in [3.63, 3.8) is 0 Å². The molecule has 0 aliphatic heterocycles. The fraction of sp³-hybridized carbons (Fsp3) is 0.444. The standard InChI is InChI=1S/C9H9Cl3N2O/c10-5-3-6(11)8(13-7(5)12)14-9(4-15)1-2-9/h3,15H,1-2,4H2,(H,13,14). The highest BCUT2D eigenvalue weighted by Crippen LogP contribution is 2.40. The number of anilines is 1. The van der Waals surface area contributed by atoms with Crippen molar-refractivity contribution in [2.24, 2.45) is 0 Å². The van der Waals surface area contributed by atoms with Gasteiger partial charge >= 0.3 is 0 Å². The van der Waals surface area contributed by atoms with Gasteiger partial charge in [0.05, 0.1) is 22.2 Å². The molecule has 2 rings (SSSR count). The molecule has 0 atom stereocenters. The molecule has 0 spiro atoms. The summed E-state index contributed by atoms with van der Waals surface area (Å²) in [5.41, 5.74) is -0.270. The Morgan fingerprint density at radius 3 is 2.53 bits per heavy atom. The molecule has 0 amide bonds. The van der Waals surface area contributed by atoms with Crippen molar-refractivity contribution >= 4 is 40.6 Å². The summed E-state index contributed by atoms with van der Waals surface area (Å²) < 4.78 is 0. The van der Waals surface area contributed by atoms with Crippen molar-refractivity contribution in [1.29, 1.82) is 0 Å². The van der Waals surface area contributed by atoms with Crippen LogP contribution in [-0.4, -0.2) is 22.2 Å². The summed E-state index contributed by atoms with van der Waals surface area (Å²) in [6, 6.07) is 1.54. The van der Waals surface area contributed by atoms with Crippen LogP contribution in [-0.2, 0) is 0 Å². The molecule has 82 valence electrons. The molecule has 2 N–H and O–H groups in total. The number of nitrogens with zero attached hydrogens (tertiary/aromatic N) is 1. The van der Waals surface area contributed by atoms with E-state index in [2.05, 4.69) is 10.3 Å². The lowest BCUT2D eigenvalue weighted by molar-refractivity contribution is 0.266. The van der Waals surface area contributed by atoms with Crippen molar-refractivity contribution in [2.75, 3.05) is 11.9 Å². The first-order chi connectivity index (χ1) is 7.06. The smallest absolute Gasteiger partial charge is 0.150 e. The fourth-order valence-corrected chi connectivity index (χ4v) is 1.80. The number of aliphatic hydroxyl groups is 1. The van der Waals surface area contributed by atoms with Gasteiger partial charge in [0.25, 0.3) is 0 Å². The van der Waals surface area contributed by atoms with E-state index in [0.29, 0.717) is 15.9 Å². The Kier molecular flexibility index (Phi) is 2.99. The SMILES string of the molecule is OCC1(Nc2nc(Cl)c(Cl)cc2Cl)CC1. The Morgan fingerprint density at radius 2 is 2.00 bits per heavy atom. The van der Waals surface area contributed by atoms with Crippen LogP contribution in [0.5, 0.6) is 0 Å². The van der Waals surface area contributed by atoms with Crippen LogP contribution in [0.1, 0.15) is 12.8 Å². The van der Waals surface area contributed by atoms with Gasteiger partial charge in [-0.2, -0.15) is 0 Å². The van der Waals surface area contributed by atoms with E-state index >= 15 is 0 Å². The van der Waals surface area contributed by atoms with Crippen LogP contribution in [0.25, 0.3) is 0 Å². The summed E-state index contributed by atoms with van der Waals surface area (Å²) in [4.78, 5) is 4.02. The van der Waals surface area contributed by atoms with E-state index in [0.717, 1.165) is 12.8 Å². The first-order valence-corrected chi connectivity index (χ1v) is 5.60. The van der Waals surface area contributed by atoms with Crippen LogP contribution in [0.3, 0.4) is 0 Å². The van der Waals surface area contributed by atoms with E-state index in [1.165, 1.54) is 6.07 Å². The second-order valence-electron chi connectivity index (χ2n) is 3.65. The quantitative estimate of drug-likeness (QED) is 0.828. The average Bonchev–Trinajstić information content (AvgIpc) is 2.95. The summed E-state index contributed by atoms with van der Waals surface area (Å²) in [5, 5.41) is 13.2. The number of hydrogen-bond acceptors (Lipinski definition) is 3. The molecular weight excluding hydrogens is 258 g/mol.